The summed E-state index contributed by atoms with van der Waals surface area (Å²) < 4.78 is 35.9. The van der Waals surface area contributed by atoms with Crippen LogP contribution < -0.4 is 5.32 Å². The number of fused-ring (bicyclic) bond motifs is 1. The van der Waals surface area contributed by atoms with Crippen LogP contribution in [0.5, 0.6) is 0 Å². The number of anilines is 1. The maximum Gasteiger partial charge on any atom is 0.339 e. The highest BCUT2D eigenvalue weighted by molar-refractivity contribution is 9.10. The van der Waals surface area contributed by atoms with Crippen molar-refractivity contribution in [2.75, 3.05) is 25.5 Å². The van der Waals surface area contributed by atoms with E-state index in [-0.39, 0.29) is 22.9 Å². The van der Waals surface area contributed by atoms with Gasteiger partial charge in [-0.15, -0.1) is 0 Å². The number of halogens is 1. The first-order valence-corrected chi connectivity index (χ1v) is 14.0. The molecule has 0 radical (unpaired) electrons. The maximum absolute atomic E-state index is 13.6. The highest BCUT2D eigenvalue weighted by atomic mass is 79.9. The summed E-state index contributed by atoms with van der Waals surface area (Å²) >= 11 is 3.52. The molecule has 0 aliphatic carbocycles. The molecule has 1 saturated heterocycles. The zero-order valence-corrected chi connectivity index (χ0v) is 22.4. The van der Waals surface area contributed by atoms with Crippen molar-refractivity contribution in [1.29, 1.82) is 0 Å². The van der Waals surface area contributed by atoms with Crippen molar-refractivity contribution < 1.29 is 17.9 Å². The molecule has 192 valence electrons. The van der Waals surface area contributed by atoms with E-state index in [1.165, 1.54) is 23.5 Å². The third-order valence-electron chi connectivity index (χ3n) is 6.36. The molecule has 10 nitrogen and oxygen atoms in total. The number of rotatable bonds is 7. The summed E-state index contributed by atoms with van der Waals surface area (Å²) in [5, 5.41) is 7.83. The van der Waals surface area contributed by atoms with E-state index in [2.05, 4.69) is 31.3 Å². The Morgan fingerprint density at radius 1 is 1.22 bits per heavy atom. The average molecular weight is 585 g/mol. The predicted molar refractivity (Wildman–Crippen MR) is 141 cm³/mol. The van der Waals surface area contributed by atoms with Gasteiger partial charge in [-0.3, -0.25) is 4.98 Å². The van der Waals surface area contributed by atoms with Gasteiger partial charge in [0, 0.05) is 44.0 Å². The molecule has 4 heterocycles. The molecule has 3 aromatic heterocycles. The summed E-state index contributed by atoms with van der Waals surface area (Å²) in [5.41, 5.74) is 2.45. The zero-order chi connectivity index (χ0) is 26.0. The number of benzene rings is 1. The summed E-state index contributed by atoms with van der Waals surface area (Å²) in [6, 6.07) is 11.9. The standard InChI is InChI=1S/C25H25BrN6O4S/c1-36-25(33)19-8-2-3-9-22(19)37(34,35)31-11-5-7-18(16-31)21-12-23(28-14-17-6-4-10-27-13-17)32-24(30-21)20(26)15-29-32/h2-4,6,8-10,12-13,15,18,28H,5,7,11,14,16H2,1H3. The minimum absolute atomic E-state index is 0.0248. The van der Waals surface area contributed by atoms with Crippen molar-refractivity contribution in [2.24, 2.45) is 0 Å². The highest BCUT2D eigenvalue weighted by Crippen LogP contribution is 2.33. The third kappa shape index (κ3) is 5.09. The fourth-order valence-corrected chi connectivity index (χ4v) is 6.55. The average Bonchev–Trinajstić information content (AvgIpc) is 3.32. The van der Waals surface area contributed by atoms with E-state index in [1.807, 2.05) is 18.2 Å². The number of sulfonamides is 1. The van der Waals surface area contributed by atoms with Gasteiger partial charge in [-0.25, -0.2) is 18.2 Å². The van der Waals surface area contributed by atoms with Gasteiger partial charge in [-0.2, -0.15) is 13.9 Å². The van der Waals surface area contributed by atoms with E-state index >= 15 is 0 Å². The van der Waals surface area contributed by atoms with Crippen LogP contribution >= 0.6 is 15.9 Å². The SMILES string of the molecule is COC(=O)c1ccccc1S(=O)(=O)N1CCCC(c2cc(NCc3cccnc3)n3ncc(Br)c3n2)C1. The van der Waals surface area contributed by atoms with Crippen molar-refractivity contribution in [1.82, 2.24) is 23.9 Å². The van der Waals surface area contributed by atoms with Crippen LogP contribution in [0.1, 0.15) is 40.4 Å². The summed E-state index contributed by atoms with van der Waals surface area (Å²) in [5.74, 6) is -0.0834. The van der Waals surface area contributed by atoms with Crippen molar-refractivity contribution >= 4 is 43.4 Å². The fraction of sp³-hybridized carbons (Fsp3) is 0.280. The summed E-state index contributed by atoms with van der Waals surface area (Å²) in [4.78, 5) is 21.2. The van der Waals surface area contributed by atoms with Crippen LogP contribution in [0.3, 0.4) is 0 Å². The molecule has 4 aromatic rings. The number of carbonyl (C=O) groups excluding carboxylic acids is 1. The van der Waals surface area contributed by atoms with Crippen LogP contribution in [0.25, 0.3) is 5.65 Å². The van der Waals surface area contributed by atoms with Gasteiger partial charge < -0.3 is 10.1 Å². The maximum atomic E-state index is 13.6. The smallest absolute Gasteiger partial charge is 0.339 e. The molecule has 1 aromatic carbocycles. The van der Waals surface area contributed by atoms with Gasteiger partial charge in [0.05, 0.1) is 33.9 Å². The molecule has 0 saturated carbocycles. The van der Waals surface area contributed by atoms with E-state index < -0.39 is 16.0 Å². The van der Waals surface area contributed by atoms with Gasteiger partial charge in [0.1, 0.15) is 5.82 Å². The molecule has 12 heteroatoms. The summed E-state index contributed by atoms with van der Waals surface area (Å²) in [7, 11) is -2.69. The van der Waals surface area contributed by atoms with Crippen LogP contribution in [0.4, 0.5) is 5.82 Å². The van der Waals surface area contributed by atoms with Gasteiger partial charge >= 0.3 is 5.97 Å². The Morgan fingerprint density at radius 3 is 2.84 bits per heavy atom. The highest BCUT2D eigenvalue weighted by Gasteiger charge is 2.34. The van der Waals surface area contributed by atoms with Gasteiger partial charge in [0.15, 0.2) is 5.65 Å². The Balaban J connectivity index is 1.45. The number of pyridine rings is 1. The van der Waals surface area contributed by atoms with E-state index in [0.717, 1.165) is 28.0 Å². The molecule has 1 N–H and O–H groups in total. The first-order chi connectivity index (χ1) is 17.9. The number of carbonyl (C=O) groups is 1. The first-order valence-electron chi connectivity index (χ1n) is 11.7. The van der Waals surface area contributed by atoms with Gasteiger partial charge in [-0.1, -0.05) is 18.2 Å². The Labute approximate surface area is 222 Å². The number of esters is 1. The molecule has 1 atom stereocenters. The molecular weight excluding hydrogens is 560 g/mol. The Morgan fingerprint density at radius 2 is 2.05 bits per heavy atom. The number of methoxy groups -OCH3 is 1. The number of nitrogens with zero attached hydrogens (tertiary/aromatic N) is 5. The molecule has 1 aliphatic heterocycles. The van der Waals surface area contributed by atoms with Crippen LogP contribution in [0, 0.1) is 0 Å². The second-order valence-electron chi connectivity index (χ2n) is 8.70. The van der Waals surface area contributed by atoms with E-state index in [4.69, 9.17) is 9.72 Å². The molecule has 1 unspecified atom stereocenters. The lowest BCUT2D eigenvalue weighted by Gasteiger charge is -2.32. The first kappa shape index (κ1) is 25.3. The molecule has 0 amide bonds. The van der Waals surface area contributed by atoms with Crippen LogP contribution in [0.15, 0.2) is 70.4 Å². The second-order valence-corrected chi connectivity index (χ2v) is 11.5. The lowest BCUT2D eigenvalue weighted by atomic mass is 9.96. The Hall–Kier alpha value is -3.35. The lowest BCUT2D eigenvalue weighted by Crippen LogP contribution is -2.39. The molecule has 1 fully saturated rings. The van der Waals surface area contributed by atoms with Crippen LogP contribution in [0.2, 0.25) is 0 Å². The molecule has 5 rings (SSSR count). The topological polar surface area (TPSA) is 119 Å². The van der Waals surface area contributed by atoms with Gasteiger partial charge in [0.25, 0.3) is 0 Å². The van der Waals surface area contributed by atoms with Gasteiger partial charge in [-0.05, 0) is 52.5 Å². The van der Waals surface area contributed by atoms with Crippen LogP contribution in [-0.4, -0.2) is 58.5 Å². The summed E-state index contributed by atoms with van der Waals surface area (Å²) in [6.07, 6.45) is 6.64. The largest absolute Gasteiger partial charge is 0.465 e. The van der Waals surface area contributed by atoms with E-state index in [0.29, 0.717) is 25.2 Å². The molecule has 37 heavy (non-hydrogen) atoms. The fourth-order valence-electron chi connectivity index (χ4n) is 4.50. The Kier molecular flexibility index (Phi) is 7.22. The predicted octanol–water partition coefficient (Wildman–Crippen LogP) is 3.85. The van der Waals surface area contributed by atoms with Gasteiger partial charge in [0.2, 0.25) is 10.0 Å². The number of nitrogens with one attached hydrogen (secondary N) is 1. The number of hydrogen-bond donors (Lipinski definition) is 1. The summed E-state index contributed by atoms with van der Waals surface area (Å²) in [6.45, 7) is 1.15. The Bertz CT molecular complexity index is 1540. The number of aromatic nitrogens is 4. The normalized spacial score (nSPS) is 16.5. The van der Waals surface area contributed by atoms with Crippen molar-refractivity contribution in [3.8, 4) is 0 Å². The molecule has 1 aliphatic rings. The van der Waals surface area contributed by atoms with Crippen molar-refractivity contribution in [3.05, 3.63) is 82.3 Å². The number of hydrogen-bond acceptors (Lipinski definition) is 8. The quantitative estimate of drug-likeness (QED) is 0.325. The zero-order valence-electron chi connectivity index (χ0n) is 20.0. The lowest BCUT2D eigenvalue weighted by molar-refractivity contribution is 0.0596. The minimum Gasteiger partial charge on any atom is -0.465 e. The molecule has 0 spiro atoms. The van der Waals surface area contributed by atoms with E-state index in [9.17, 15) is 13.2 Å². The molecule has 0 bridgehead atoms. The minimum atomic E-state index is -3.93. The number of piperidine rings is 1. The van der Waals surface area contributed by atoms with Crippen molar-refractivity contribution in [3.63, 3.8) is 0 Å². The van der Waals surface area contributed by atoms with E-state index in [1.54, 1.807) is 35.2 Å². The van der Waals surface area contributed by atoms with Crippen LogP contribution in [-0.2, 0) is 21.3 Å². The third-order valence-corrected chi connectivity index (χ3v) is 8.84. The number of ether oxygens (including phenoxy) is 1. The monoisotopic (exact) mass is 584 g/mol. The molecular formula is C25H25BrN6O4S. The second kappa shape index (κ2) is 10.6. The van der Waals surface area contributed by atoms with Crippen molar-refractivity contribution in [2.45, 2.75) is 30.2 Å².